The first kappa shape index (κ1) is 18.2. The second-order valence-corrected chi connectivity index (χ2v) is 7.20. The van der Waals surface area contributed by atoms with Gasteiger partial charge in [-0.2, -0.15) is 0 Å². The van der Waals surface area contributed by atoms with Crippen LogP contribution in [0.15, 0.2) is 28.0 Å². The number of fused-ring (bicyclic) bond motifs is 1. The van der Waals surface area contributed by atoms with E-state index in [0.29, 0.717) is 36.4 Å². The second-order valence-electron chi connectivity index (χ2n) is 7.20. The van der Waals surface area contributed by atoms with E-state index < -0.39 is 5.69 Å². The Kier molecular flexibility index (Phi) is 4.40. The Labute approximate surface area is 160 Å². The lowest BCUT2D eigenvalue weighted by molar-refractivity contribution is 0.0776. The van der Waals surface area contributed by atoms with Gasteiger partial charge in [0, 0.05) is 39.9 Å². The van der Waals surface area contributed by atoms with Gasteiger partial charge in [0.1, 0.15) is 11.3 Å². The molecule has 0 aliphatic carbocycles. The van der Waals surface area contributed by atoms with Gasteiger partial charge in [-0.3, -0.25) is 18.7 Å². The standard InChI is InChI=1S/C18H23N7O3/c1-4-7-24-14(10-13-15(24)21(2)18(28)22(3)16(13)26)17(27)23-8-5-12(11-23)25-9-6-19-20-25/h6,9-10,12H,4-5,7-8,11H2,1-3H3. The number of nitrogens with zero attached hydrogens (tertiary/aromatic N) is 7. The van der Waals surface area contributed by atoms with E-state index in [4.69, 9.17) is 0 Å². The Morgan fingerprint density at radius 1 is 1.25 bits per heavy atom. The minimum atomic E-state index is -0.403. The topological polar surface area (TPSA) is 100.0 Å². The van der Waals surface area contributed by atoms with Crippen LogP contribution in [0.2, 0.25) is 0 Å². The van der Waals surface area contributed by atoms with Gasteiger partial charge < -0.3 is 9.47 Å². The lowest BCUT2D eigenvalue weighted by Crippen LogP contribution is -2.37. The van der Waals surface area contributed by atoms with Gasteiger partial charge in [0.15, 0.2) is 0 Å². The molecule has 1 aliphatic heterocycles. The third kappa shape index (κ3) is 2.67. The predicted octanol–water partition coefficient (Wildman–Crippen LogP) is 0.127. The first-order chi connectivity index (χ1) is 13.4. The van der Waals surface area contributed by atoms with Gasteiger partial charge in [-0.05, 0) is 18.9 Å². The summed E-state index contributed by atoms with van der Waals surface area (Å²) in [5.41, 5.74) is 0.142. The van der Waals surface area contributed by atoms with Gasteiger partial charge in [0.2, 0.25) is 0 Å². The van der Waals surface area contributed by atoms with E-state index in [1.165, 1.54) is 11.6 Å². The fourth-order valence-corrected chi connectivity index (χ4v) is 3.98. The smallest absolute Gasteiger partial charge is 0.332 e. The molecule has 0 spiro atoms. The van der Waals surface area contributed by atoms with Crippen LogP contribution in [0.25, 0.3) is 11.0 Å². The number of rotatable bonds is 4. The number of hydrogen-bond donors (Lipinski definition) is 0. The van der Waals surface area contributed by atoms with Crippen LogP contribution < -0.4 is 11.2 Å². The zero-order chi connectivity index (χ0) is 20.0. The zero-order valence-electron chi connectivity index (χ0n) is 16.2. The highest BCUT2D eigenvalue weighted by atomic mass is 16.2. The largest absolute Gasteiger partial charge is 0.335 e. The van der Waals surface area contributed by atoms with Crippen molar-refractivity contribution in [1.82, 2.24) is 33.6 Å². The third-order valence-electron chi connectivity index (χ3n) is 5.43. The molecule has 3 aromatic rings. The molecule has 148 valence electrons. The monoisotopic (exact) mass is 385 g/mol. The van der Waals surface area contributed by atoms with Crippen LogP contribution in [0.4, 0.5) is 0 Å². The molecule has 0 N–H and O–H groups in total. The van der Waals surface area contributed by atoms with E-state index in [1.807, 2.05) is 6.92 Å². The molecule has 1 amide bonds. The summed E-state index contributed by atoms with van der Waals surface area (Å²) in [6.45, 7) is 3.68. The molecule has 3 aromatic heterocycles. The van der Waals surface area contributed by atoms with Gasteiger partial charge in [0.25, 0.3) is 11.5 Å². The van der Waals surface area contributed by atoms with E-state index in [-0.39, 0.29) is 17.5 Å². The van der Waals surface area contributed by atoms with Crippen LogP contribution in [0.1, 0.15) is 36.3 Å². The van der Waals surface area contributed by atoms with Crippen molar-refractivity contribution in [3.8, 4) is 0 Å². The highest BCUT2D eigenvalue weighted by Crippen LogP contribution is 2.24. The Hall–Kier alpha value is -3.17. The summed E-state index contributed by atoms with van der Waals surface area (Å²) < 4.78 is 6.08. The molecule has 0 bridgehead atoms. The van der Waals surface area contributed by atoms with Crippen LogP contribution in [-0.2, 0) is 20.6 Å². The summed E-state index contributed by atoms with van der Waals surface area (Å²) in [6, 6.07) is 1.71. The van der Waals surface area contributed by atoms with Crippen LogP contribution in [0, 0.1) is 0 Å². The van der Waals surface area contributed by atoms with Crippen LogP contribution in [0.3, 0.4) is 0 Å². The molecular formula is C18H23N7O3. The van der Waals surface area contributed by atoms with Crippen molar-refractivity contribution in [2.75, 3.05) is 13.1 Å². The summed E-state index contributed by atoms with van der Waals surface area (Å²) in [5, 5.41) is 8.25. The quantitative estimate of drug-likeness (QED) is 0.635. The number of amides is 1. The number of likely N-dealkylation sites (tertiary alicyclic amines) is 1. The van der Waals surface area contributed by atoms with Crippen molar-refractivity contribution >= 4 is 16.9 Å². The van der Waals surface area contributed by atoms with Gasteiger partial charge in [-0.1, -0.05) is 12.1 Å². The molecule has 1 aliphatic rings. The van der Waals surface area contributed by atoms with Gasteiger partial charge in [0.05, 0.1) is 17.6 Å². The van der Waals surface area contributed by atoms with Crippen molar-refractivity contribution in [1.29, 1.82) is 0 Å². The molecule has 0 saturated carbocycles. The molecule has 10 heteroatoms. The van der Waals surface area contributed by atoms with Crippen LogP contribution in [0.5, 0.6) is 0 Å². The minimum absolute atomic E-state index is 0.0904. The van der Waals surface area contributed by atoms with E-state index in [1.54, 1.807) is 39.7 Å². The van der Waals surface area contributed by atoms with Gasteiger partial charge in [-0.15, -0.1) is 5.10 Å². The molecule has 1 unspecified atom stereocenters. The lowest BCUT2D eigenvalue weighted by Gasteiger charge is -2.18. The molecule has 1 fully saturated rings. The maximum atomic E-state index is 13.3. The Bertz CT molecular complexity index is 1150. The molecule has 4 rings (SSSR count). The minimum Gasteiger partial charge on any atom is -0.335 e. The highest BCUT2D eigenvalue weighted by molar-refractivity contribution is 5.98. The van der Waals surface area contributed by atoms with Crippen molar-refractivity contribution in [3.05, 3.63) is 45.0 Å². The number of aryl methyl sites for hydroxylation is 2. The van der Waals surface area contributed by atoms with Crippen molar-refractivity contribution in [2.45, 2.75) is 32.4 Å². The number of carbonyl (C=O) groups is 1. The molecule has 28 heavy (non-hydrogen) atoms. The third-order valence-corrected chi connectivity index (χ3v) is 5.43. The predicted molar refractivity (Wildman–Crippen MR) is 102 cm³/mol. The maximum absolute atomic E-state index is 13.3. The van der Waals surface area contributed by atoms with Crippen molar-refractivity contribution < 1.29 is 4.79 Å². The number of carbonyl (C=O) groups excluding carboxylic acids is 1. The fraction of sp³-hybridized carbons (Fsp3) is 0.500. The molecule has 0 aromatic carbocycles. The fourth-order valence-electron chi connectivity index (χ4n) is 3.98. The second kappa shape index (κ2) is 6.77. The normalized spacial score (nSPS) is 17.0. The molecule has 4 heterocycles. The molecule has 1 saturated heterocycles. The van der Waals surface area contributed by atoms with E-state index in [9.17, 15) is 14.4 Å². The SMILES string of the molecule is CCCn1c(C(=O)N2CCC(n3ccnn3)C2)cc2c(=O)n(C)c(=O)n(C)c21. The summed E-state index contributed by atoms with van der Waals surface area (Å²) in [7, 11) is 3.08. The first-order valence-corrected chi connectivity index (χ1v) is 9.38. The van der Waals surface area contributed by atoms with Crippen LogP contribution >= 0.6 is 0 Å². The number of hydrogen-bond acceptors (Lipinski definition) is 5. The van der Waals surface area contributed by atoms with Gasteiger partial charge in [-0.25, -0.2) is 9.48 Å². The number of aromatic nitrogens is 6. The van der Waals surface area contributed by atoms with E-state index in [2.05, 4.69) is 10.3 Å². The Morgan fingerprint density at radius 2 is 2.04 bits per heavy atom. The highest BCUT2D eigenvalue weighted by Gasteiger charge is 2.31. The maximum Gasteiger partial charge on any atom is 0.332 e. The molecular weight excluding hydrogens is 362 g/mol. The average molecular weight is 385 g/mol. The zero-order valence-corrected chi connectivity index (χ0v) is 16.2. The van der Waals surface area contributed by atoms with E-state index >= 15 is 0 Å². The van der Waals surface area contributed by atoms with Crippen molar-refractivity contribution in [2.24, 2.45) is 14.1 Å². The average Bonchev–Trinajstić information content (AvgIpc) is 3.43. The summed E-state index contributed by atoms with van der Waals surface area (Å²) >= 11 is 0. The summed E-state index contributed by atoms with van der Waals surface area (Å²) in [4.78, 5) is 40.0. The molecule has 1 atom stereocenters. The van der Waals surface area contributed by atoms with Gasteiger partial charge >= 0.3 is 5.69 Å². The Morgan fingerprint density at radius 3 is 2.71 bits per heavy atom. The summed E-state index contributed by atoms with van der Waals surface area (Å²) in [6.07, 6.45) is 4.99. The lowest BCUT2D eigenvalue weighted by atomic mass is 10.3. The molecule has 0 radical (unpaired) electrons. The van der Waals surface area contributed by atoms with Crippen molar-refractivity contribution in [3.63, 3.8) is 0 Å². The molecule has 10 nitrogen and oxygen atoms in total. The van der Waals surface area contributed by atoms with E-state index in [0.717, 1.165) is 17.4 Å². The summed E-state index contributed by atoms with van der Waals surface area (Å²) in [5.74, 6) is -0.137. The Balaban J connectivity index is 1.78. The first-order valence-electron chi connectivity index (χ1n) is 9.38. The van der Waals surface area contributed by atoms with Crippen LogP contribution in [-0.4, -0.2) is 52.6 Å².